The number of rotatable bonds is 1. The molecule has 0 spiro atoms. The number of nitrogens with zero attached hydrogens (tertiary/aromatic N) is 1. The fourth-order valence-corrected chi connectivity index (χ4v) is 2.13. The number of nitrogens with one attached hydrogen (secondary N) is 1. The van der Waals surface area contributed by atoms with Crippen LogP contribution in [0.5, 0.6) is 0 Å². The first-order valence-corrected chi connectivity index (χ1v) is 5.11. The van der Waals surface area contributed by atoms with E-state index in [-0.39, 0.29) is 5.54 Å². The maximum atomic E-state index is 3.39. The number of hydrogen-bond donors (Lipinski definition) is 1. The second-order valence-electron chi connectivity index (χ2n) is 4.09. The van der Waals surface area contributed by atoms with Crippen LogP contribution in [0.2, 0.25) is 0 Å². The van der Waals surface area contributed by atoms with Gasteiger partial charge in [0.25, 0.3) is 0 Å². The molecule has 0 unspecified atom stereocenters. The van der Waals surface area contributed by atoms with Crippen molar-refractivity contribution in [1.29, 1.82) is 0 Å². The lowest BCUT2D eigenvalue weighted by Gasteiger charge is -2.42. The van der Waals surface area contributed by atoms with Gasteiger partial charge in [0, 0.05) is 31.7 Å². The van der Waals surface area contributed by atoms with Gasteiger partial charge in [-0.2, -0.15) is 0 Å². The topological polar surface area (TPSA) is 15.3 Å². The zero-order valence-electron chi connectivity index (χ0n) is 8.29. The fourth-order valence-electron chi connectivity index (χ4n) is 2.13. The van der Waals surface area contributed by atoms with Crippen molar-refractivity contribution < 1.29 is 0 Å². The van der Waals surface area contributed by atoms with Crippen molar-refractivity contribution in [2.75, 3.05) is 26.2 Å². The van der Waals surface area contributed by atoms with Crippen LogP contribution in [0.4, 0.5) is 0 Å². The molecule has 1 N–H and O–H groups in total. The maximum Gasteiger partial charge on any atom is 0.0401 e. The van der Waals surface area contributed by atoms with Crippen molar-refractivity contribution >= 4 is 0 Å². The third-order valence-electron chi connectivity index (χ3n) is 3.07. The average Bonchev–Trinajstić information content (AvgIpc) is 2.20. The van der Waals surface area contributed by atoms with Gasteiger partial charge in [0.1, 0.15) is 0 Å². The third-order valence-corrected chi connectivity index (χ3v) is 3.07. The summed E-state index contributed by atoms with van der Waals surface area (Å²) >= 11 is 0. The number of allylic oxidation sites excluding steroid dienone is 2. The highest BCUT2D eigenvalue weighted by molar-refractivity contribution is 5.20. The largest absolute Gasteiger partial charge is 0.314 e. The summed E-state index contributed by atoms with van der Waals surface area (Å²) in [4.78, 5) is 2.57. The van der Waals surface area contributed by atoms with Gasteiger partial charge in [-0.05, 0) is 13.3 Å². The average molecular weight is 178 g/mol. The maximum absolute atomic E-state index is 3.39. The van der Waals surface area contributed by atoms with Gasteiger partial charge in [-0.1, -0.05) is 24.3 Å². The van der Waals surface area contributed by atoms with Crippen LogP contribution < -0.4 is 5.32 Å². The van der Waals surface area contributed by atoms with Gasteiger partial charge in [-0.3, -0.25) is 4.90 Å². The molecule has 13 heavy (non-hydrogen) atoms. The lowest BCUT2D eigenvalue weighted by atomic mass is 9.91. The summed E-state index contributed by atoms with van der Waals surface area (Å²) in [6, 6.07) is 0. The van der Waals surface area contributed by atoms with Gasteiger partial charge in [0.05, 0.1) is 0 Å². The Bertz CT molecular complexity index is 226. The molecule has 0 amide bonds. The molecule has 1 aliphatic heterocycles. The molecular formula is C11H18N2. The van der Waals surface area contributed by atoms with E-state index >= 15 is 0 Å². The van der Waals surface area contributed by atoms with Crippen LogP contribution in [0.15, 0.2) is 24.3 Å². The van der Waals surface area contributed by atoms with Crippen molar-refractivity contribution in [1.82, 2.24) is 10.2 Å². The van der Waals surface area contributed by atoms with Crippen molar-refractivity contribution in [3.63, 3.8) is 0 Å². The van der Waals surface area contributed by atoms with Gasteiger partial charge in [0.2, 0.25) is 0 Å². The van der Waals surface area contributed by atoms with Gasteiger partial charge in [0.15, 0.2) is 0 Å². The van der Waals surface area contributed by atoms with E-state index < -0.39 is 0 Å². The zero-order chi connectivity index (χ0) is 9.15. The molecule has 1 saturated heterocycles. The SMILES string of the molecule is C[C@@]1(N2CCNCC2)C=CC=CC1. The highest BCUT2D eigenvalue weighted by atomic mass is 15.2. The Labute approximate surface area is 80.3 Å². The van der Waals surface area contributed by atoms with Gasteiger partial charge < -0.3 is 5.32 Å². The smallest absolute Gasteiger partial charge is 0.0401 e. The van der Waals surface area contributed by atoms with Crippen molar-refractivity contribution in [3.05, 3.63) is 24.3 Å². The van der Waals surface area contributed by atoms with Crippen molar-refractivity contribution in [3.8, 4) is 0 Å². The quantitative estimate of drug-likeness (QED) is 0.648. The Balaban J connectivity index is 2.04. The predicted molar refractivity (Wildman–Crippen MR) is 55.7 cm³/mol. The highest BCUT2D eigenvalue weighted by Crippen LogP contribution is 2.24. The molecule has 1 heterocycles. The number of piperazine rings is 1. The molecule has 1 atom stereocenters. The fraction of sp³-hybridized carbons (Fsp3) is 0.636. The summed E-state index contributed by atoms with van der Waals surface area (Å²) in [6.07, 6.45) is 10.1. The second-order valence-corrected chi connectivity index (χ2v) is 4.09. The van der Waals surface area contributed by atoms with E-state index in [9.17, 15) is 0 Å². The molecule has 2 nitrogen and oxygen atoms in total. The molecule has 2 aliphatic rings. The minimum Gasteiger partial charge on any atom is -0.314 e. The highest BCUT2D eigenvalue weighted by Gasteiger charge is 2.29. The molecular weight excluding hydrogens is 160 g/mol. The zero-order valence-corrected chi connectivity index (χ0v) is 8.29. The van der Waals surface area contributed by atoms with Crippen LogP contribution >= 0.6 is 0 Å². The van der Waals surface area contributed by atoms with E-state index in [0.717, 1.165) is 19.5 Å². The molecule has 72 valence electrons. The minimum absolute atomic E-state index is 0.275. The first-order chi connectivity index (χ1) is 6.31. The minimum atomic E-state index is 0.275. The summed E-state index contributed by atoms with van der Waals surface area (Å²) in [5, 5.41) is 3.39. The van der Waals surface area contributed by atoms with E-state index in [1.165, 1.54) is 13.1 Å². The number of hydrogen-bond acceptors (Lipinski definition) is 2. The lowest BCUT2D eigenvalue weighted by Crippen LogP contribution is -2.54. The van der Waals surface area contributed by atoms with Gasteiger partial charge in [-0.15, -0.1) is 0 Å². The van der Waals surface area contributed by atoms with Crippen LogP contribution in [-0.2, 0) is 0 Å². The molecule has 1 fully saturated rings. The second kappa shape index (κ2) is 3.64. The molecule has 2 heteroatoms. The van der Waals surface area contributed by atoms with E-state index in [1.54, 1.807) is 0 Å². The van der Waals surface area contributed by atoms with Gasteiger partial charge in [-0.25, -0.2) is 0 Å². The Morgan fingerprint density at radius 2 is 2.00 bits per heavy atom. The standard InChI is InChI=1S/C11H18N2/c1-11(5-3-2-4-6-11)13-9-7-12-8-10-13/h2-5,12H,6-10H2,1H3/t11-/m1/s1. The Morgan fingerprint density at radius 3 is 2.62 bits per heavy atom. The van der Waals surface area contributed by atoms with Crippen LogP contribution in [0.3, 0.4) is 0 Å². The van der Waals surface area contributed by atoms with Gasteiger partial charge >= 0.3 is 0 Å². The Kier molecular flexibility index (Phi) is 2.51. The summed E-state index contributed by atoms with van der Waals surface area (Å²) in [5.74, 6) is 0. The van der Waals surface area contributed by atoms with E-state index in [1.807, 2.05) is 0 Å². The van der Waals surface area contributed by atoms with E-state index in [2.05, 4.69) is 41.4 Å². The van der Waals surface area contributed by atoms with Crippen LogP contribution in [0.1, 0.15) is 13.3 Å². The molecule has 0 bridgehead atoms. The Hall–Kier alpha value is -0.600. The molecule has 0 aromatic heterocycles. The first-order valence-electron chi connectivity index (χ1n) is 5.11. The summed E-state index contributed by atoms with van der Waals surface area (Å²) in [5.41, 5.74) is 0.275. The molecule has 0 radical (unpaired) electrons. The van der Waals surface area contributed by atoms with Crippen LogP contribution in [0.25, 0.3) is 0 Å². The molecule has 0 aromatic carbocycles. The lowest BCUT2D eigenvalue weighted by molar-refractivity contribution is 0.128. The third kappa shape index (κ3) is 1.84. The summed E-state index contributed by atoms with van der Waals surface area (Å²) in [7, 11) is 0. The first kappa shape index (κ1) is 8.97. The summed E-state index contributed by atoms with van der Waals surface area (Å²) < 4.78 is 0. The van der Waals surface area contributed by atoms with Crippen molar-refractivity contribution in [2.24, 2.45) is 0 Å². The van der Waals surface area contributed by atoms with Crippen molar-refractivity contribution in [2.45, 2.75) is 18.9 Å². The van der Waals surface area contributed by atoms with Crippen LogP contribution in [0, 0.1) is 0 Å². The molecule has 2 rings (SSSR count). The monoisotopic (exact) mass is 178 g/mol. The van der Waals surface area contributed by atoms with E-state index in [0.29, 0.717) is 0 Å². The molecule has 0 saturated carbocycles. The van der Waals surface area contributed by atoms with E-state index in [4.69, 9.17) is 0 Å². The molecule has 0 aromatic rings. The van der Waals surface area contributed by atoms with Crippen LogP contribution in [-0.4, -0.2) is 36.6 Å². The molecule has 1 aliphatic carbocycles. The Morgan fingerprint density at radius 1 is 1.23 bits per heavy atom. The normalized spacial score (nSPS) is 35.2. The predicted octanol–water partition coefficient (Wildman–Crippen LogP) is 1.17. The summed E-state index contributed by atoms with van der Waals surface area (Å²) in [6.45, 7) is 6.95.